The van der Waals surface area contributed by atoms with Gasteiger partial charge in [0.15, 0.2) is 5.17 Å². The van der Waals surface area contributed by atoms with Crippen LogP contribution in [-0.2, 0) is 11.3 Å². The molecule has 1 aliphatic rings. The summed E-state index contributed by atoms with van der Waals surface area (Å²) in [5.41, 5.74) is 8.56. The second-order valence-electron chi connectivity index (χ2n) is 4.15. The number of hydrogen-bond donors (Lipinski definition) is 1. The number of aliphatic imine (C=N–C) groups is 1. The van der Waals surface area contributed by atoms with Gasteiger partial charge >= 0.3 is 0 Å². The zero-order valence-electron chi connectivity index (χ0n) is 10.5. The summed E-state index contributed by atoms with van der Waals surface area (Å²) in [5, 5.41) is 9.32. The summed E-state index contributed by atoms with van der Waals surface area (Å²) in [5.74, 6) is 0.898. The summed E-state index contributed by atoms with van der Waals surface area (Å²) < 4.78 is 5.61. The first-order valence-electron chi connectivity index (χ1n) is 5.98. The van der Waals surface area contributed by atoms with Crippen molar-refractivity contribution in [1.29, 1.82) is 5.26 Å². The Balaban J connectivity index is 1.71. The van der Waals surface area contributed by atoms with E-state index >= 15 is 0 Å². The molecular weight excluding hydrogens is 258 g/mol. The molecule has 1 heterocycles. The molecule has 1 aromatic rings. The maximum atomic E-state index is 8.70. The molecule has 0 radical (unpaired) electrons. The number of ether oxygens (including phenoxy) is 1. The first kappa shape index (κ1) is 13.7. The highest BCUT2D eigenvalue weighted by molar-refractivity contribution is 8.14. The van der Waals surface area contributed by atoms with E-state index in [1.807, 2.05) is 18.3 Å². The van der Waals surface area contributed by atoms with E-state index in [9.17, 15) is 0 Å². The maximum Gasteiger partial charge on any atom is 0.158 e. The van der Waals surface area contributed by atoms with Crippen LogP contribution in [0.5, 0.6) is 0 Å². The van der Waals surface area contributed by atoms with Crippen molar-refractivity contribution < 1.29 is 4.74 Å². The molecule has 5 heteroatoms. The maximum absolute atomic E-state index is 8.70. The lowest BCUT2D eigenvalue weighted by atomic mass is 10.1. The second kappa shape index (κ2) is 6.98. The quantitative estimate of drug-likeness (QED) is 0.836. The van der Waals surface area contributed by atoms with Gasteiger partial charge in [0.05, 0.1) is 24.8 Å². The van der Waals surface area contributed by atoms with E-state index in [0.29, 0.717) is 23.9 Å². The Bertz CT molecular complexity index is 529. The molecule has 0 atom stereocenters. The fourth-order valence-corrected chi connectivity index (χ4v) is 2.28. The van der Waals surface area contributed by atoms with Crippen LogP contribution in [0.1, 0.15) is 17.5 Å². The summed E-state index contributed by atoms with van der Waals surface area (Å²) in [7, 11) is 0. The minimum Gasteiger partial charge on any atom is -0.378 e. The zero-order chi connectivity index (χ0) is 13.5. The zero-order valence-corrected chi connectivity index (χ0v) is 11.3. The molecule has 19 heavy (non-hydrogen) atoms. The lowest BCUT2D eigenvalue weighted by Gasteiger charge is -2.10. The van der Waals surface area contributed by atoms with Gasteiger partial charge in [-0.3, -0.25) is 0 Å². The second-order valence-corrected chi connectivity index (χ2v) is 5.15. The van der Waals surface area contributed by atoms with Gasteiger partial charge in [0.1, 0.15) is 0 Å². The van der Waals surface area contributed by atoms with Gasteiger partial charge in [-0.15, -0.1) is 0 Å². The molecule has 1 aliphatic heterocycles. The van der Waals surface area contributed by atoms with Crippen molar-refractivity contribution in [3.8, 4) is 6.07 Å². The van der Waals surface area contributed by atoms with Crippen molar-refractivity contribution >= 4 is 16.9 Å². The van der Waals surface area contributed by atoms with Crippen LogP contribution in [0.25, 0.3) is 0 Å². The fraction of sp³-hybridized carbons (Fsp3) is 0.286. The monoisotopic (exact) mass is 273 g/mol. The third-order valence-corrected chi connectivity index (χ3v) is 3.62. The molecule has 0 fully saturated rings. The average Bonchev–Trinajstić information content (AvgIpc) is 2.46. The molecule has 0 bridgehead atoms. The highest BCUT2D eigenvalue weighted by Crippen LogP contribution is 2.16. The van der Waals surface area contributed by atoms with Gasteiger partial charge in [0.2, 0.25) is 0 Å². The molecule has 0 amide bonds. The lowest BCUT2D eigenvalue weighted by molar-refractivity contribution is 0.124. The smallest absolute Gasteiger partial charge is 0.158 e. The van der Waals surface area contributed by atoms with Crippen molar-refractivity contribution in [1.82, 2.24) is 0 Å². The summed E-state index contributed by atoms with van der Waals surface area (Å²) >= 11 is 1.56. The minimum absolute atomic E-state index is 0.567. The number of benzene rings is 1. The molecular formula is C14H15N3OS. The fourth-order valence-electron chi connectivity index (χ4n) is 1.60. The van der Waals surface area contributed by atoms with Crippen LogP contribution in [0.2, 0.25) is 0 Å². The molecule has 1 aromatic carbocycles. The number of nitriles is 1. The van der Waals surface area contributed by atoms with Crippen LogP contribution in [0, 0.1) is 11.3 Å². The first-order valence-corrected chi connectivity index (χ1v) is 6.97. The third kappa shape index (κ3) is 4.43. The van der Waals surface area contributed by atoms with Crippen molar-refractivity contribution in [2.45, 2.75) is 13.0 Å². The topological polar surface area (TPSA) is 71.4 Å². The molecule has 98 valence electrons. The lowest BCUT2D eigenvalue weighted by Crippen LogP contribution is -2.11. The highest BCUT2D eigenvalue weighted by atomic mass is 32.2. The number of amidine groups is 1. The minimum atomic E-state index is 0.567. The standard InChI is InChI=1S/C14H15N3OS/c15-7-11-1-3-12(4-2-11)9-18-6-5-13-8-17-14(16)19-10-13/h1-4,8H,5-6,9-10H2,(H2,16,17). The first-order chi connectivity index (χ1) is 9.28. The van der Waals surface area contributed by atoms with E-state index in [1.54, 1.807) is 23.9 Å². The molecule has 0 aliphatic carbocycles. The summed E-state index contributed by atoms with van der Waals surface area (Å²) in [6.07, 6.45) is 2.71. The van der Waals surface area contributed by atoms with Crippen molar-refractivity contribution in [3.63, 3.8) is 0 Å². The van der Waals surface area contributed by atoms with Crippen molar-refractivity contribution in [3.05, 3.63) is 47.2 Å². The van der Waals surface area contributed by atoms with Gasteiger partial charge in [-0.2, -0.15) is 5.26 Å². The molecule has 2 rings (SSSR count). The van der Waals surface area contributed by atoms with Gasteiger partial charge in [0, 0.05) is 12.0 Å². The summed E-state index contributed by atoms with van der Waals surface area (Å²) in [4.78, 5) is 4.08. The van der Waals surface area contributed by atoms with Gasteiger partial charge in [-0.25, -0.2) is 4.99 Å². The predicted molar refractivity (Wildman–Crippen MR) is 77.6 cm³/mol. The normalized spacial score (nSPS) is 14.5. The van der Waals surface area contributed by atoms with E-state index in [4.69, 9.17) is 15.7 Å². The van der Waals surface area contributed by atoms with Crippen LogP contribution in [0.3, 0.4) is 0 Å². The average molecular weight is 273 g/mol. The van der Waals surface area contributed by atoms with E-state index in [1.165, 1.54) is 5.57 Å². The van der Waals surface area contributed by atoms with Crippen LogP contribution < -0.4 is 5.73 Å². The molecule has 0 aromatic heterocycles. The Hall–Kier alpha value is -1.77. The Morgan fingerprint density at radius 1 is 1.37 bits per heavy atom. The molecule has 0 spiro atoms. The molecule has 0 unspecified atom stereocenters. The van der Waals surface area contributed by atoms with Crippen LogP contribution in [0.15, 0.2) is 41.0 Å². The Kier molecular flexibility index (Phi) is 5.01. The predicted octanol–water partition coefficient (Wildman–Crippen LogP) is 2.41. The highest BCUT2D eigenvalue weighted by Gasteiger charge is 2.05. The SMILES string of the molecule is N#Cc1ccc(COCCC2=CN=C(N)SC2)cc1. The number of hydrogen-bond acceptors (Lipinski definition) is 5. The van der Waals surface area contributed by atoms with Crippen molar-refractivity contribution in [2.75, 3.05) is 12.4 Å². The van der Waals surface area contributed by atoms with Crippen LogP contribution >= 0.6 is 11.8 Å². The van der Waals surface area contributed by atoms with Gasteiger partial charge in [-0.1, -0.05) is 23.9 Å². The van der Waals surface area contributed by atoms with Gasteiger partial charge in [0.25, 0.3) is 0 Å². The van der Waals surface area contributed by atoms with E-state index in [0.717, 1.165) is 17.7 Å². The van der Waals surface area contributed by atoms with Gasteiger partial charge < -0.3 is 10.5 Å². The third-order valence-electron chi connectivity index (χ3n) is 2.70. The number of rotatable bonds is 5. The largest absolute Gasteiger partial charge is 0.378 e. The van der Waals surface area contributed by atoms with E-state index in [-0.39, 0.29) is 0 Å². The summed E-state index contributed by atoms with van der Waals surface area (Å²) in [6.45, 7) is 1.24. The molecule has 4 nitrogen and oxygen atoms in total. The summed E-state index contributed by atoms with van der Waals surface area (Å²) in [6, 6.07) is 9.53. The number of thioether (sulfide) groups is 1. The molecule has 2 N–H and O–H groups in total. The molecule has 0 saturated carbocycles. The van der Waals surface area contributed by atoms with E-state index in [2.05, 4.69) is 11.1 Å². The number of nitrogens with two attached hydrogens (primary N) is 1. The van der Waals surface area contributed by atoms with E-state index < -0.39 is 0 Å². The Labute approximate surface area is 117 Å². The van der Waals surface area contributed by atoms with Crippen LogP contribution in [0.4, 0.5) is 0 Å². The van der Waals surface area contributed by atoms with Crippen molar-refractivity contribution in [2.24, 2.45) is 10.7 Å². The molecule has 0 saturated heterocycles. The Morgan fingerprint density at radius 3 is 2.79 bits per heavy atom. The number of nitrogens with zero attached hydrogens (tertiary/aromatic N) is 2. The Morgan fingerprint density at radius 2 is 2.16 bits per heavy atom. The van der Waals surface area contributed by atoms with Crippen LogP contribution in [-0.4, -0.2) is 17.5 Å². The van der Waals surface area contributed by atoms with Gasteiger partial charge in [-0.05, 0) is 29.7 Å².